The van der Waals surface area contributed by atoms with Crippen LogP contribution in [0, 0.1) is 0 Å². The van der Waals surface area contributed by atoms with Crippen molar-refractivity contribution in [2.75, 3.05) is 4.90 Å². The summed E-state index contributed by atoms with van der Waals surface area (Å²) in [6.07, 6.45) is 1.53. The van der Waals surface area contributed by atoms with Crippen molar-refractivity contribution < 1.29 is 14.0 Å². The molecule has 0 radical (unpaired) electrons. The highest BCUT2D eigenvalue weighted by Gasteiger charge is 2.36. The highest BCUT2D eigenvalue weighted by Crippen LogP contribution is 2.37. The van der Waals surface area contributed by atoms with Crippen LogP contribution in [0.3, 0.4) is 0 Å². The normalized spacial score (nSPS) is 16.9. The molecule has 2 aromatic rings. The summed E-state index contributed by atoms with van der Waals surface area (Å²) in [7, 11) is 0. The van der Waals surface area contributed by atoms with E-state index >= 15 is 0 Å². The monoisotopic (exact) mass is 461 g/mol. The minimum atomic E-state index is -0.402. The van der Waals surface area contributed by atoms with E-state index in [1.165, 1.54) is 6.08 Å². The Morgan fingerprint density at radius 3 is 2.64 bits per heavy atom. The summed E-state index contributed by atoms with van der Waals surface area (Å²) in [4.78, 5) is 25.9. The summed E-state index contributed by atoms with van der Waals surface area (Å²) in [5, 5.41) is 0.0858. The summed E-state index contributed by atoms with van der Waals surface area (Å²) in [6, 6.07) is 8.30. The van der Waals surface area contributed by atoms with Gasteiger partial charge in [0.1, 0.15) is 5.76 Å². The molecular formula is C14H6Br2ClNO3S. The number of halogens is 3. The maximum absolute atomic E-state index is 12.4. The number of benzene rings is 1. The van der Waals surface area contributed by atoms with Crippen LogP contribution in [-0.2, 0) is 4.79 Å². The Morgan fingerprint density at radius 1 is 1.23 bits per heavy atom. The number of amides is 2. The smallest absolute Gasteiger partial charge is 0.298 e. The first-order valence-corrected chi connectivity index (χ1v) is 8.72. The molecule has 0 aliphatic carbocycles. The maximum Gasteiger partial charge on any atom is 0.298 e. The second kappa shape index (κ2) is 6.23. The molecule has 1 fully saturated rings. The number of imide groups is 1. The topological polar surface area (TPSA) is 50.5 Å². The number of anilines is 1. The third-order valence-corrected chi connectivity index (χ3v) is 5.61. The van der Waals surface area contributed by atoms with Crippen LogP contribution in [0.25, 0.3) is 6.08 Å². The second-order valence-corrected chi connectivity index (χ2v) is 7.27. The standard InChI is InChI=1S/C14H6Br2ClNO3S/c15-10-5-9(21-12(10)16)6-11-13(19)18(14(20)22-11)8-3-1-2-7(17)4-8/h1-6H/b11-6+. The quantitative estimate of drug-likeness (QED) is 0.536. The van der Waals surface area contributed by atoms with E-state index in [1.54, 1.807) is 30.3 Å². The van der Waals surface area contributed by atoms with Crippen LogP contribution < -0.4 is 4.90 Å². The third kappa shape index (κ3) is 3.03. The lowest BCUT2D eigenvalue weighted by molar-refractivity contribution is -0.113. The van der Waals surface area contributed by atoms with Crippen LogP contribution in [0.2, 0.25) is 5.02 Å². The van der Waals surface area contributed by atoms with Gasteiger partial charge in [0.25, 0.3) is 11.1 Å². The van der Waals surface area contributed by atoms with Gasteiger partial charge in [0.2, 0.25) is 0 Å². The van der Waals surface area contributed by atoms with E-state index in [4.69, 9.17) is 16.0 Å². The van der Waals surface area contributed by atoms with Gasteiger partial charge in [-0.25, -0.2) is 4.90 Å². The van der Waals surface area contributed by atoms with E-state index in [1.807, 2.05) is 0 Å². The van der Waals surface area contributed by atoms with Crippen molar-refractivity contribution in [3.05, 3.63) is 55.2 Å². The van der Waals surface area contributed by atoms with E-state index < -0.39 is 5.91 Å². The number of thioether (sulfide) groups is 1. The zero-order chi connectivity index (χ0) is 15.9. The molecule has 0 spiro atoms. The van der Waals surface area contributed by atoms with Gasteiger partial charge in [-0.05, 0) is 67.9 Å². The van der Waals surface area contributed by atoms with Crippen molar-refractivity contribution in [3.8, 4) is 0 Å². The first-order chi connectivity index (χ1) is 10.5. The summed E-state index contributed by atoms with van der Waals surface area (Å²) >= 11 is 13.3. The number of carbonyl (C=O) groups is 2. The number of carbonyl (C=O) groups excluding carboxylic acids is 2. The van der Waals surface area contributed by atoms with Gasteiger partial charge in [0.05, 0.1) is 15.1 Å². The predicted molar refractivity (Wildman–Crippen MR) is 94.0 cm³/mol. The Hall–Kier alpha value is -1.02. The molecular weight excluding hydrogens is 457 g/mol. The molecule has 1 aromatic heterocycles. The van der Waals surface area contributed by atoms with Gasteiger partial charge in [0, 0.05) is 11.1 Å². The highest BCUT2D eigenvalue weighted by atomic mass is 79.9. The van der Waals surface area contributed by atoms with Crippen LogP contribution in [0.1, 0.15) is 5.76 Å². The average Bonchev–Trinajstić information content (AvgIpc) is 2.90. The van der Waals surface area contributed by atoms with Crippen LogP contribution >= 0.6 is 55.2 Å². The number of furan rings is 1. The van der Waals surface area contributed by atoms with Gasteiger partial charge in [0.15, 0.2) is 4.67 Å². The Bertz CT molecular complexity index is 799. The average molecular weight is 464 g/mol. The first-order valence-electron chi connectivity index (χ1n) is 5.94. The van der Waals surface area contributed by atoms with Gasteiger partial charge in [-0.15, -0.1) is 0 Å². The fourth-order valence-electron chi connectivity index (χ4n) is 1.87. The van der Waals surface area contributed by atoms with Gasteiger partial charge in [-0.2, -0.15) is 0 Å². The summed E-state index contributed by atoms with van der Waals surface area (Å²) in [6.45, 7) is 0. The van der Waals surface area contributed by atoms with Crippen LogP contribution in [0.15, 0.2) is 48.8 Å². The lowest BCUT2D eigenvalue weighted by atomic mass is 10.3. The highest BCUT2D eigenvalue weighted by molar-refractivity contribution is 9.13. The number of nitrogens with zero attached hydrogens (tertiary/aromatic N) is 1. The molecule has 1 aliphatic heterocycles. The molecule has 3 rings (SSSR count). The largest absolute Gasteiger partial charge is 0.449 e. The van der Waals surface area contributed by atoms with Gasteiger partial charge in [-0.1, -0.05) is 17.7 Å². The molecule has 1 saturated heterocycles. The fraction of sp³-hybridized carbons (Fsp3) is 0. The van der Waals surface area contributed by atoms with Crippen molar-refractivity contribution in [3.63, 3.8) is 0 Å². The van der Waals surface area contributed by atoms with Crippen LogP contribution in [-0.4, -0.2) is 11.1 Å². The van der Waals surface area contributed by atoms with Crippen LogP contribution in [0.5, 0.6) is 0 Å². The minimum absolute atomic E-state index is 0.290. The molecule has 0 bridgehead atoms. The Morgan fingerprint density at radius 2 is 2.00 bits per heavy atom. The molecule has 0 N–H and O–H groups in total. The lowest BCUT2D eigenvalue weighted by Crippen LogP contribution is -2.27. The summed E-state index contributed by atoms with van der Waals surface area (Å²) in [5.41, 5.74) is 0.445. The Kier molecular flexibility index (Phi) is 4.49. The summed E-state index contributed by atoms with van der Waals surface area (Å²) < 4.78 is 6.65. The molecule has 0 saturated carbocycles. The molecule has 1 aromatic carbocycles. The van der Waals surface area contributed by atoms with Crippen molar-refractivity contribution in [1.29, 1.82) is 0 Å². The van der Waals surface area contributed by atoms with E-state index in [0.29, 0.717) is 26.0 Å². The fourth-order valence-corrected chi connectivity index (χ4v) is 3.48. The number of hydrogen-bond acceptors (Lipinski definition) is 4. The molecule has 8 heteroatoms. The molecule has 0 atom stereocenters. The molecule has 4 nitrogen and oxygen atoms in total. The molecule has 112 valence electrons. The lowest BCUT2D eigenvalue weighted by Gasteiger charge is -2.12. The SMILES string of the molecule is O=C1S/C(=C/c2cc(Br)c(Br)o2)C(=O)N1c1cccc(Cl)c1. The zero-order valence-electron chi connectivity index (χ0n) is 10.7. The molecule has 0 unspecified atom stereocenters. The van der Waals surface area contributed by atoms with E-state index in [2.05, 4.69) is 31.9 Å². The van der Waals surface area contributed by atoms with Crippen molar-refractivity contribution in [1.82, 2.24) is 0 Å². The van der Waals surface area contributed by atoms with E-state index in [-0.39, 0.29) is 5.24 Å². The van der Waals surface area contributed by atoms with Gasteiger partial charge >= 0.3 is 0 Å². The van der Waals surface area contributed by atoms with Crippen LogP contribution in [0.4, 0.5) is 10.5 Å². The molecule has 1 aliphatic rings. The van der Waals surface area contributed by atoms with E-state index in [9.17, 15) is 9.59 Å². The second-order valence-electron chi connectivity index (χ2n) is 4.27. The molecule has 22 heavy (non-hydrogen) atoms. The van der Waals surface area contributed by atoms with Gasteiger partial charge < -0.3 is 4.42 Å². The molecule has 2 amide bonds. The van der Waals surface area contributed by atoms with E-state index in [0.717, 1.165) is 21.1 Å². The summed E-state index contributed by atoms with van der Waals surface area (Å²) in [5.74, 6) is 0.0660. The Balaban J connectivity index is 1.94. The number of hydrogen-bond donors (Lipinski definition) is 0. The zero-order valence-corrected chi connectivity index (χ0v) is 15.4. The number of rotatable bonds is 2. The van der Waals surface area contributed by atoms with Crippen molar-refractivity contribution in [2.45, 2.75) is 0 Å². The van der Waals surface area contributed by atoms with Crippen molar-refractivity contribution >= 4 is 78.1 Å². The van der Waals surface area contributed by atoms with Crippen molar-refractivity contribution in [2.24, 2.45) is 0 Å². The molecule has 2 heterocycles. The predicted octanol–water partition coefficient (Wildman–Crippen LogP) is 5.70. The minimum Gasteiger partial charge on any atom is -0.449 e. The van der Waals surface area contributed by atoms with Gasteiger partial charge in [-0.3, -0.25) is 9.59 Å². The maximum atomic E-state index is 12.4. The first kappa shape index (κ1) is 15.9. The third-order valence-electron chi connectivity index (χ3n) is 2.80. The Labute approximate surface area is 151 Å².